The molecule has 0 spiro atoms. The standard InChI is InChI=1S/C23H28N2O4S.C2H2O4/c1-15-5-8-18(9-6-15)22-21(29-16(2)27)23(28)25(12-11-24(3)4)19-10-7-17(14-26)13-20(19)30-22;3-1(4)2(5)6/h5-10,13,21-22,26H,11-12,14H2,1-4H3;(H,3,4)(H,5,6)/t21-,22+;/m1./s1. The summed E-state index contributed by atoms with van der Waals surface area (Å²) >= 11 is 1.49. The Morgan fingerprint density at radius 1 is 1.06 bits per heavy atom. The van der Waals surface area contributed by atoms with Crippen molar-refractivity contribution in [3.05, 3.63) is 59.2 Å². The average Bonchev–Trinajstić information content (AvgIpc) is 2.92. The lowest BCUT2D eigenvalue weighted by Gasteiger charge is -2.28. The number of aryl methyl sites for hydroxylation is 1. The van der Waals surface area contributed by atoms with Crippen molar-refractivity contribution in [3.8, 4) is 0 Å². The largest absolute Gasteiger partial charge is 0.473 e. The molecular weight excluding hydrogens is 488 g/mol. The van der Waals surface area contributed by atoms with E-state index in [2.05, 4.69) is 0 Å². The van der Waals surface area contributed by atoms with Crippen molar-refractivity contribution in [2.75, 3.05) is 32.1 Å². The predicted octanol–water partition coefficient (Wildman–Crippen LogP) is 2.32. The number of aliphatic hydroxyl groups is 1. The zero-order chi connectivity index (χ0) is 27.0. The normalized spacial score (nSPS) is 16.9. The van der Waals surface area contributed by atoms with Crippen LogP contribution in [0.25, 0.3) is 0 Å². The van der Waals surface area contributed by atoms with Gasteiger partial charge in [0.1, 0.15) is 0 Å². The summed E-state index contributed by atoms with van der Waals surface area (Å²) in [6.45, 7) is 4.39. The number of rotatable bonds is 6. The van der Waals surface area contributed by atoms with Crippen LogP contribution in [0.4, 0.5) is 5.69 Å². The number of hydrogen-bond acceptors (Lipinski definition) is 8. The highest BCUT2D eigenvalue weighted by Gasteiger charge is 2.40. The molecule has 0 saturated heterocycles. The van der Waals surface area contributed by atoms with Crippen LogP contribution in [0.15, 0.2) is 47.4 Å². The van der Waals surface area contributed by atoms with E-state index < -0.39 is 24.0 Å². The Hall–Kier alpha value is -3.41. The van der Waals surface area contributed by atoms with E-state index in [0.717, 1.165) is 27.3 Å². The number of nitrogens with zero attached hydrogens (tertiary/aromatic N) is 2. The van der Waals surface area contributed by atoms with Crippen LogP contribution in [-0.4, -0.2) is 77.3 Å². The van der Waals surface area contributed by atoms with Crippen LogP contribution >= 0.6 is 11.8 Å². The van der Waals surface area contributed by atoms with Crippen molar-refractivity contribution in [1.29, 1.82) is 0 Å². The van der Waals surface area contributed by atoms with Gasteiger partial charge in [-0.25, -0.2) is 9.59 Å². The fraction of sp³-hybridized carbons (Fsp3) is 0.360. The molecule has 2 atom stereocenters. The maximum atomic E-state index is 13.6. The molecule has 3 N–H and O–H groups in total. The summed E-state index contributed by atoms with van der Waals surface area (Å²) in [6, 6.07) is 13.5. The molecule has 2 aromatic carbocycles. The Balaban J connectivity index is 0.000000678. The molecule has 0 saturated carbocycles. The molecule has 1 aliphatic heterocycles. The molecular formula is C25H30N2O8S. The zero-order valence-corrected chi connectivity index (χ0v) is 21.3. The number of esters is 1. The van der Waals surface area contributed by atoms with Crippen LogP contribution < -0.4 is 4.90 Å². The molecule has 0 aliphatic carbocycles. The van der Waals surface area contributed by atoms with Gasteiger partial charge in [-0.05, 0) is 44.3 Å². The first-order chi connectivity index (χ1) is 16.9. The molecule has 0 aromatic heterocycles. The molecule has 3 rings (SSSR count). The Bertz CT molecular complexity index is 1090. The summed E-state index contributed by atoms with van der Waals surface area (Å²) in [4.78, 5) is 48.3. The van der Waals surface area contributed by atoms with Crippen LogP contribution in [0.2, 0.25) is 0 Å². The Labute approximate surface area is 213 Å². The van der Waals surface area contributed by atoms with Gasteiger partial charge in [0.25, 0.3) is 5.91 Å². The highest BCUT2D eigenvalue weighted by Crippen LogP contribution is 2.47. The number of carbonyl (C=O) groups is 4. The smallest absolute Gasteiger partial charge is 0.414 e. The molecule has 2 aromatic rings. The van der Waals surface area contributed by atoms with E-state index in [1.807, 2.05) is 68.4 Å². The number of aliphatic carboxylic acids is 2. The summed E-state index contributed by atoms with van der Waals surface area (Å²) in [5.41, 5.74) is 3.58. The highest BCUT2D eigenvalue weighted by atomic mass is 32.2. The second-order valence-corrected chi connectivity index (χ2v) is 9.53. The Morgan fingerprint density at radius 3 is 2.17 bits per heavy atom. The van der Waals surface area contributed by atoms with Crippen molar-refractivity contribution in [2.45, 2.75) is 36.7 Å². The lowest BCUT2D eigenvalue weighted by atomic mass is 10.0. The highest BCUT2D eigenvalue weighted by molar-refractivity contribution is 7.99. The Morgan fingerprint density at radius 2 is 1.67 bits per heavy atom. The Kier molecular flexibility index (Phi) is 10.5. The minimum Gasteiger partial charge on any atom is -0.473 e. The van der Waals surface area contributed by atoms with Gasteiger partial charge < -0.3 is 29.9 Å². The maximum Gasteiger partial charge on any atom is 0.414 e. The summed E-state index contributed by atoms with van der Waals surface area (Å²) in [5.74, 6) is -4.37. The van der Waals surface area contributed by atoms with Gasteiger partial charge in [-0.15, -0.1) is 11.8 Å². The number of aliphatic hydroxyl groups excluding tert-OH is 1. The van der Waals surface area contributed by atoms with Crippen LogP contribution in [0, 0.1) is 6.92 Å². The van der Waals surface area contributed by atoms with Crippen LogP contribution in [0.3, 0.4) is 0 Å². The van der Waals surface area contributed by atoms with E-state index in [1.165, 1.54) is 18.7 Å². The van der Waals surface area contributed by atoms with Crippen molar-refractivity contribution < 1.29 is 39.2 Å². The number of hydrogen-bond donors (Lipinski definition) is 3. The van der Waals surface area contributed by atoms with Gasteiger partial charge in [0, 0.05) is 24.9 Å². The monoisotopic (exact) mass is 518 g/mol. The van der Waals surface area contributed by atoms with E-state index in [0.29, 0.717) is 13.1 Å². The second-order valence-electron chi connectivity index (χ2n) is 8.34. The first-order valence-electron chi connectivity index (χ1n) is 11.0. The maximum absolute atomic E-state index is 13.6. The fourth-order valence-electron chi connectivity index (χ4n) is 3.40. The van der Waals surface area contributed by atoms with Crippen LogP contribution in [-0.2, 0) is 30.5 Å². The molecule has 1 heterocycles. The summed E-state index contributed by atoms with van der Waals surface area (Å²) in [7, 11) is 3.90. The average molecular weight is 519 g/mol. The number of thioether (sulfide) groups is 1. The zero-order valence-electron chi connectivity index (χ0n) is 20.5. The van der Waals surface area contributed by atoms with E-state index in [-0.39, 0.29) is 17.8 Å². The molecule has 0 radical (unpaired) electrons. The van der Waals surface area contributed by atoms with Gasteiger partial charge in [-0.1, -0.05) is 35.9 Å². The van der Waals surface area contributed by atoms with E-state index in [1.54, 1.807) is 4.90 Å². The molecule has 194 valence electrons. The fourth-order valence-corrected chi connectivity index (χ4v) is 4.78. The molecule has 0 bridgehead atoms. The minimum absolute atomic E-state index is 0.0813. The molecule has 1 aliphatic rings. The number of benzene rings is 2. The number of carbonyl (C=O) groups excluding carboxylic acids is 2. The van der Waals surface area contributed by atoms with E-state index in [4.69, 9.17) is 24.5 Å². The van der Waals surface area contributed by atoms with Crippen molar-refractivity contribution in [3.63, 3.8) is 0 Å². The summed E-state index contributed by atoms with van der Waals surface area (Å²) in [6.07, 6.45) is -0.942. The molecule has 0 fully saturated rings. The second kappa shape index (κ2) is 13.1. The first-order valence-corrected chi connectivity index (χ1v) is 11.9. The topological polar surface area (TPSA) is 145 Å². The van der Waals surface area contributed by atoms with E-state index in [9.17, 15) is 14.7 Å². The third kappa shape index (κ3) is 7.80. The third-order valence-corrected chi connectivity index (χ3v) is 6.54. The van der Waals surface area contributed by atoms with E-state index >= 15 is 0 Å². The van der Waals surface area contributed by atoms with Crippen LogP contribution in [0.1, 0.15) is 28.9 Å². The molecule has 1 amide bonds. The number of fused-ring (bicyclic) bond motifs is 1. The van der Waals surface area contributed by atoms with Crippen LogP contribution in [0.5, 0.6) is 0 Å². The van der Waals surface area contributed by atoms with Gasteiger partial charge in [0.05, 0.1) is 17.5 Å². The lowest BCUT2D eigenvalue weighted by molar-refractivity contribution is -0.159. The molecule has 36 heavy (non-hydrogen) atoms. The van der Waals surface area contributed by atoms with Crippen molar-refractivity contribution >= 4 is 41.3 Å². The number of likely N-dealkylation sites (N-methyl/N-ethyl adjacent to an activating group) is 1. The van der Waals surface area contributed by atoms with Gasteiger partial charge >= 0.3 is 17.9 Å². The van der Waals surface area contributed by atoms with Gasteiger partial charge in [-0.2, -0.15) is 0 Å². The third-order valence-electron chi connectivity index (χ3n) is 5.19. The lowest BCUT2D eigenvalue weighted by Crippen LogP contribution is -2.45. The summed E-state index contributed by atoms with van der Waals surface area (Å²) in [5, 5.41) is 24.0. The van der Waals surface area contributed by atoms with Gasteiger partial charge in [-0.3, -0.25) is 9.59 Å². The number of carboxylic acid groups (broad SMARTS) is 2. The quantitative estimate of drug-likeness (QED) is 0.385. The van der Waals surface area contributed by atoms with Crippen molar-refractivity contribution in [2.24, 2.45) is 0 Å². The number of anilines is 1. The molecule has 11 heteroatoms. The number of ether oxygens (including phenoxy) is 1. The molecule has 10 nitrogen and oxygen atoms in total. The minimum atomic E-state index is -1.82. The van der Waals surface area contributed by atoms with Crippen molar-refractivity contribution in [1.82, 2.24) is 4.90 Å². The predicted molar refractivity (Wildman–Crippen MR) is 134 cm³/mol. The SMILES string of the molecule is CC(=O)O[C@H]1C(=O)N(CCN(C)C)c2ccc(CO)cc2S[C@H]1c1ccc(C)cc1.O=C(O)C(=O)O. The first kappa shape index (κ1) is 28.8. The van der Waals surface area contributed by atoms with Gasteiger partial charge in [0.2, 0.25) is 0 Å². The number of amides is 1. The van der Waals surface area contributed by atoms with Gasteiger partial charge in [0.15, 0.2) is 6.10 Å². The summed E-state index contributed by atoms with van der Waals surface area (Å²) < 4.78 is 5.59. The molecule has 0 unspecified atom stereocenters. The number of carboxylic acids is 2.